The lowest BCUT2D eigenvalue weighted by Crippen LogP contribution is -2.08. The molecule has 5 nitrogen and oxygen atoms in total. The molecule has 1 N–H and O–H groups in total. The second-order valence-electron chi connectivity index (χ2n) is 4.44. The van der Waals surface area contributed by atoms with E-state index in [0.29, 0.717) is 13.0 Å². The summed E-state index contributed by atoms with van der Waals surface area (Å²) in [5.74, 6) is -0.0565. The van der Waals surface area contributed by atoms with Gasteiger partial charge in [0, 0.05) is 18.8 Å². The number of hydrogen-bond acceptors (Lipinski definition) is 4. The molecule has 2 rings (SSSR count). The maximum atomic E-state index is 13.0. The molecule has 0 aliphatic heterocycles. The van der Waals surface area contributed by atoms with E-state index in [4.69, 9.17) is 0 Å². The fourth-order valence-electron chi connectivity index (χ4n) is 1.85. The molecule has 0 amide bonds. The van der Waals surface area contributed by atoms with Gasteiger partial charge in [0.1, 0.15) is 5.82 Å². The van der Waals surface area contributed by atoms with Crippen molar-refractivity contribution in [3.05, 3.63) is 63.6 Å². The second-order valence-corrected chi connectivity index (χ2v) is 4.44. The number of aromatic nitrogens is 1. The van der Waals surface area contributed by atoms with Gasteiger partial charge in [0.25, 0.3) is 0 Å². The maximum absolute atomic E-state index is 13.0. The van der Waals surface area contributed by atoms with E-state index in [1.54, 1.807) is 19.2 Å². The first-order valence-corrected chi connectivity index (χ1v) is 6.15. The van der Waals surface area contributed by atoms with E-state index < -0.39 is 4.92 Å². The molecular formula is C14H14FN3O2. The zero-order chi connectivity index (χ0) is 14.5. The lowest BCUT2D eigenvalue weighted by Gasteiger charge is -2.07. The van der Waals surface area contributed by atoms with Gasteiger partial charge in [-0.3, -0.25) is 10.1 Å². The SMILES string of the molecule is Cc1cnc(NCCc2cccc(F)c2)c([N+](=O)[O-])c1. The van der Waals surface area contributed by atoms with Crippen LogP contribution in [0.1, 0.15) is 11.1 Å². The third kappa shape index (κ3) is 3.50. The molecule has 0 bridgehead atoms. The Morgan fingerprint density at radius 3 is 2.90 bits per heavy atom. The third-order valence-corrected chi connectivity index (χ3v) is 2.80. The highest BCUT2D eigenvalue weighted by Crippen LogP contribution is 2.22. The number of benzene rings is 1. The third-order valence-electron chi connectivity index (χ3n) is 2.80. The Morgan fingerprint density at radius 1 is 1.40 bits per heavy atom. The van der Waals surface area contributed by atoms with Crippen molar-refractivity contribution in [2.24, 2.45) is 0 Å². The average Bonchev–Trinajstić information content (AvgIpc) is 2.40. The van der Waals surface area contributed by atoms with Gasteiger partial charge < -0.3 is 5.32 Å². The first kappa shape index (κ1) is 13.9. The van der Waals surface area contributed by atoms with Crippen LogP contribution in [-0.4, -0.2) is 16.5 Å². The van der Waals surface area contributed by atoms with Crippen LogP contribution >= 0.6 is 0 Å². The number of rotatable bonds is 5. The minimum atomic E-state index is -0.468. The smallest absolute Gasteiger partial charge is 0.311 e. The molecule has 104 valence electrons. The fraction of sp³-hybridized carbons (Fsp3) is 0.214. The van der Waals surface area contributed by atoms with Crippen molar-refractivity contribution in [1.29, 1.82) is 0 Å². The van der Waals surface area contributed by atoms with E-state index >= 15 is 0 Å². The van der Waals surface area contributed by atoms with Gasteiger partial charge in [-0.15, -0.1) is 0 Å². The van der Waals surface area contributed by atoms with Crippen LogP contribution in [0, 0.1) is 22.9 Å². The predicted octanol–water partition coefficient (Wildman–Crippen LogP) is 3.09. The van der Waals surface area contributed by atoms with E-state index in [9.17, 15) is 14.5 Å². The Balaban J connectivity index is 2.02. The number of nitro groups is 1. The molecule has 0 spiro atoms. The summed E-state index contributed by atoms with van der Waals surface area (Å²) >= 11 is 0. The van der Waals surface area contributed by atoms with E-state index in [2.05, 4.69) is 10.3 Å². The summed E-state index contributed by atoms with van der Waals surface area (Å²) < 4.78 is 13.0. The molecule has 0 aliphatic rings. The Kier molecular flexibility index (Phi) is 4.24. The summed E-state index contributed by atoms with van der Waals surface area (Å²) in [5, 5.41) is 13.8. The zero-order valence-electron chi connectivity index (χ0n) is 11.0. The summed E-state index contributed by atoms with van der Waals surface area (Å²) in [7, 11) is 0. The number of pyridine rings is 1. The van der Waals surface area contributed by atoms with Gasteiger partial charge in [0.15, 0.2) is 0 Å². The van der Waals surface area contributed by atoms with Crippen molar-refractivity contribution in [3.8, 4) is 0 Å². The highest BCUT2D eigenvalue weighted by Gasteiger charge is 2.14. The first-order valence-electron chi connectivity index (χ1n) is 6.15. The summed E-state index contributed by atoms with van der Waals surface area (Å²) in [6, 6.07) is 7.73. The van der Waals surface area contributed by atoms with Crippen LogP contribution in [0.3, 0.4) is 0 Å². The number of nitrogens with one attached hydrogen (secondary N) is 1. The molecule has 0 saturated carbocycles. The first-order chi connectivity index (χ1) is 9.56. The molecule has 0 fully saturated rings. The van der Waals surface area contributed by atoms with Gasteiger partial charge in [-0.25, -0.2) is 9.37 Å². The molecule has 2 aromatic rings. The molecule has 0 radical (unpaired) electrons. The highest BCUT2D eigenvalue weighted by atomic mass is 19.1. The summed E-state index contributed by atoms with van der Waals surface area (Å²) in [4.78, 5) is 14.5. The van der Waals surface area contributed by atoms with Gasteiger partial charge in [0.05, 0.1) is 4.92 Å². The van der Waals surface area contributed by atoms with Gasteiger partial charge in [-0.05, 0) is 36.6 Å². The Hall–Kier alpha value is -2.50. The minimum absolute atomic E-state index is 0.0516. The second kappa shape index (κ2) is 6.10. The van der Waals surface area contributed by atoms with Gasteiger partial charge in [0.2, 0.25) is 5.82 Å². The van der Waals surface area contributed by atoms with Crippen LogP contribution in [-0.2, 0) is 6.42 Å². The molecule has 0 atom stereocenters. The van der Waals surface area contributed by atoms with E-state index in [0.717, 1.165) is 11.1 Å². The largest absolute Gasteiger partial charge is 0.364 e. The number of halogens is 1. The monoisotopic (exact) mass is 275 g/mol. The number of anilines is 1. The lowest BCUT2D eigenvalue weighted by molar-refractivity contribution is -0.384. The van der Waals surface area contributed by atoms with Crippen molar-refractivity contribution in [1.82, 2.24) is 4.98 Å². The van der Waals surface area contributed by atoms with Crippen LogP contribution < -0.4 is 5.32 Å². The molecule has 0 saturated heterocycles. The van der Waals surface area contributed by atoms with E-state index in [1.807, 2.05) is 6.07 Å². The van der Waals surface area contributed by atoms with E-state index in [-0.39, 0.29) is 17.3 Å². The molecule has 0 aliphatic carbocycles. The summed E-state index contributed by atoms with van der Waals surface area (Å²) in [6.45, 7) is 2.19. The lowest BCUT2D eigenvalue weighted by atomic mass is 10.1. The Labute approximate surface area is 115 Å². The topological polar surface area (TPSA) is 68.1 Å². The van der Waals surface area contributed by atoms with Crippen molar-refractivity contribution in [2.45, 2.75) is 13.3 Å². The fourth-order valence-corrected chi connectivity index (χ4v) is 1.85. The Morgan fingerprint density at radius 2 is 2.20 bits per heavy atom. The van der Waals surface area contributed by atoms with Crippen molar-refractivity contribution in [2.75, 3.05) is 11.9 Å². The zero-order valence-corrected chi connectivity index (χ0v) is 11.0. The molecule has 1 aromatic heterocycles. The molecule has 1 heterocycles. The maximum Gasteiger partial charge on any atom is 0.311 e. The Bertz CT molecular complexity index is 632. The number of aryl methyl sites for hydroxylation is 1. The molecule has 1 aromatic carbocycles. The number of hydrogen-bond donors (Lipinski definition) is 1. The van der Waals surface area contributed by atoms with Crippen LogP contribution in [0.2, 0.25) is 0 Å². The standard InChI is InChI=1S/C14H14FN3O2/c1-10-7-13(18(19)20)14(17-9-10)16-6-5-11-3-2-4-12(15)8-11/h2-4,7-9H,5-6H2,1H3,(H,16,17). The van der Waals surface area contributed by atoms with Crippen LogP contribution in [0.15, 0.2) is 36.5 Å². The van der Waals surface area contributed by atoms with Crippen molar-refractivity contribution < 1.29 is 9.31 Å². The summed E-state index contributed by atoms with van der Waals surface area (Å²) in [6.07, 6.45) is 2.13. The predicted molar refractivity (Wildman–Crippen MR) is 74.2 cm³/mol. The highest BCUT2D eigenvalue weighted by molar-refractivity contribution is 5.56. The van der Waals surface area contributed by atoms with Gasteiger partial charge in [-0.1, -0.05) is 12.1 Å². The molecule has 0 unspecified atom stereocenters. The van der Waals surface area contributed by atoms with Crippen molar-refractivity contribution >= 4 is 11.5 Å². The summed E-state index contributed by atoms with van der Waals surface area (Å²) in [5.41, 5.74) is 1.50. The van der Waals surface area contributed by atoms with Crippen LogP contribution in [0.25, 0.3) is 0 Å². The van der Waals surface area contributed by atoms with E-state index in [1.165, 1.54) is 18.2 Å². The molecule has 20 heavy (non-hydrogen) atoms. The molecule has 6 heteroatoms. The van der Waals surface area contributed by atoms with Gasteiger partial charge in [-0.2, -0.15) is 0 Å². The normalized spacial score (nSPS) is 10.3. The van der Waals surface area contributed by atoms with Gasteiger partial charge >= 0.3 is 5.69 Å². The van der Waals surface area contributed by atoms with Crippen LogP contribution in [0.4, 0.5) is 15.9 Å². The molecular weight excluding hydrogens is 261 g/mol. The average molecular weight is 275 g/mol. The van der Waals surface area contributed by atoms with Crippen LogP contribution in [0.5, 0.6) is 0 Å². The number of nitrogens with zero attached hydrogens (tertiary/aromatic N) is 2. The van der Waals surface area contributed by atoms with Crippen molar-refractivity contribution in [3.63, 3.8) is 0 Å². The minimum Gasteiger partial charge on any atom is -0.364 e. The quantitative estimate of drug-likeness (QED) is 0.672.